The second kappa shape index (κ2) is 7.88. The zero-order valence-corrected chi connectivity index (χ0v) is 11.6. The topological polar surface area (TPSA) is 17.1 Å². The van der Waals surface area contributed by atoms with E-state index in [9.17, 15) is 31.1 Å². The van der Waals surface area contributed by atoms with Gasteiger partial charge in [0.2, 0.25) is 0 Å². The Morgan fingerprint density at radius 2 is 1.10 bits per heavy atom. The van der Waals surface area contributed by atoms with Crippen LogP contribution in [0.5, 0.6) is 0 Å². The number of halogens is 6. The molecule has 2 unspecified atom stereocenters. The maximum atomic E-state index is 12.6. The zero-order valence-electron chi connectivity index (χ0n) is 11.6. The largest absolute Gasteiger partial charge is 0.392 e. The summed E-state index contributed by atoms with van der Waals surface area (Å²) >= 11 is 0. The summed E-state index contributed by atoms with van der Waals surface area (Å²) in [6.45, 7) is 3.08. The molecule has 0 amide bonds. The molecule has 0 fully saturated rings. The van der Waals surface area contributed by atoms with Gasteiger partial charge in [-0.1, -0.05) is 26.7 Å². The van der Waals surface area contributed by atoms with E-state index < -0.39 is 42.8 Å². The van der Waals surface area contributed by atoms with Crippen LogP contribution in [0, 0.1) is 11.8 Å². The summed E-state index contributed by atoms with van der Waals surface area (Å²) in [6, 6.07) is 0. The molecule has 0 aliphatic carbocycles. The van der Waals surface area contributed by atoms with Crippen molar-refractivity contribution < 1.29 is 31.1 Å². The molecule has 0 saturated carbocycles. The third-order valence-corrected chi connectivity index (χ3v) is 3.15. The van der Waals surface area contributed by atoms with Crippen LogP contribution in [0.25, 0.3) is 0 Å². The van der Waals surface area contributed by atoms with E-state index in [-0.39, 0.29) is 25.7 Å². The highest BCUT2D eigenvalue weighted by Gasteiger charge is 2.43. The van der Waals surface area contributed by atoms with Crippen molar-refractivity contribution in [3.05, 3.63) is 0 Å². The van der Waals surface area contributed by atoms with E-state index in [0.29, 0.717) is 0 Å². The van der Waals surface area contributed by atoms with Gasteiger partial charge in [0.25, 0.3) is 0 Å². The molecule has 0 rings (SSSR count). The maximum absolute atomic E-state index is 12.6. The molecule has 1 nitrogen and oxygen atoms in total. The van der Waals surface area contributed by atoms with Gasteiger partial charge in [0.1, 0.15) is 5.78 Å². The van der Waals surface area contributed by atoms with Crippen LogP contribution in [0.1, 0.15) is 52.4 Å². The summed E-state index contributed by atoms with van der Waals surface area (Å²) in [7, 11) is 0. The van der Waals surface area contributed by atoms with Crippen LogP contribution < -0.4 is 0 Å². The van der Waals surface area contributed by atoms with Crippen molar-refractivity contribution in [3.63, 3.8) is 0 Å². The van der Waals surface area contributed by atoms with Crippen LogP contribution in [0.15, 0.2) is 0 Å². The highest BCUT2D eigenvalue weighted by molar-refractivity contribution is 5.79. The molecule has 0 saturated heterocycles. The van der Waals surface area contributed by atoms with E-state index in [4.69, 9.17) is 0 Å². The van der Waals surface area contributed by atoms with Crippen LogP contribution in [0.3, 0.4) is 0 Å². The smallest absolute Gasteiger partial charge is 0.300 e. The van der Waals surface area contributed by atoms with Gasteiger partial charge in [-0.2, -0.15) is 26.3 Å². The molecular weight excluding hydrogens is 286 g/mol. The Labute approximate surface area is 114 Å². The second-order valence-corrected chi connectivity index (χ2v) is 5.00. The fraction of sp³-hybridized carbons (Fsp3) is 0.923. The van der Waals surface area contributed by atoms with Crippen LogP contribution in [-0.2, 0) is 4.79 Å². The molecular formula is C13H20F6O. The average molecular weight is 306 g/mol. The van der Waals surface area contributed by atoms with Crippen molar-refractivity contribution in [3.8, 4) is 0 Å². The first-order chi connectivity index (χ1) is 9.02. The fourth-order valence-electron chi connectivity index (χ4n) is 2.09. The van der Waals surface area contributed by atoms with Gasteiger partial charge in [-0.15, -0.1) is 0 Å². The summed E-state index contributed by atoms with van der Waals surface area (Å²) in [5, 5.41) is 0. The van der Waals surface area contributed by atoms with Gasteiger partial charge in [0.05, 0.1) is 11.8 Å². The quantitative estimate of drug-likeness (QED) is 0.557. The molecule has 0 spiro atoms. The van der Waals surface area contributed by atoms with Crippen LogP contribution in [0.4, 0.5) is 26.3 Å². The van der Waals surface area contributed by atoms with E-state index in [2.05, 4.69) is 0 Å². The summed E-state index contributed by atoms with van der Waals surface area (Å²) in [6.07, 6.45) is -10.8. The Bertz CT molecular complexity index is 266. The molecule has 20 heavy (non-hydrogen) atoms. The number of hydrogen-bond donors (Lipinski definition) is 0. The summed E-state index contributed by atoms with van der Waals surface area (Å²) in [5.41, 5.74) is 0. The minimum atomic E-state index is -4.54. The Balaban J connectivity index is 4.65. The van der Waals surface area contributed by atoms with Crippen molar-refractivity contribution in [2.75, 3.05) is 0 Å². The van der Waals surface area contributed by atoms with Crippen molar-refractivity contribution in [2.24, 2.45) is 11.8 Å². The van der Waals surface area contributed by atoms with Gasteiger partial charge >= 0.3 is 12.4 Å². The second-order valence-electron chi connectivity index (χ2n) is 5.00. The Morgan fingerprint density at radius 1 is 0.800 bits per heavy atom. The SMILES string of the molecule is CCCC(CC(=O)CC(CCC)C(F)(F)F)C(F)(F)F. The number of carbonyl (C=O) groups excluding carboxylic acids is 1. The number of carbonyl (C=O) groups is 1. The average Bonchev–Trinajstić information content (AvgIpc) is 2.25. The first-order valence-electron chi connectivity index (χ1n) is 6.67. The third-order valence-electron chi connectivity index (χ3n) is 3.15. The normalized spacial score (nSPS) is 16.0. The molecule has 0 aliphatic rings. The predicted molar refractivity (Wildman–Crippen MR) is 63.1 cm³/mol. The molecule has 0 radical (unpaired) electrons. The maximum Gasteiger partial charge on any atom is 0.392 e. The van der Waals surface area contributed by atoms with Gasteiger partial charge in [0.15, 0.2) is 0 Å². The lowest BCUT2D eigenvalue weighted by Gasteiger charge is -2.22. The Hall–Kier alpha value is -0.750. The van der Waals surface area contributed by atoms with Crippen molar-refractivity contribution in [2.45, 2.75) is 64.7 Å². The number of alkyl halides is 6. The van der Waals surface area contributed by atoms with Gasteiger partial charge < -0.3 is 0 Å². The summed E-state index contributed by atoms with van der Waals surface area (Å²) in [4.78, 5) is 11.5. The van der Waals surface area contributed by atoms with E-state index in [1.807, 2.05) is 0 Å². The third kappa shape index (κ3) is 7.14. The number of hydrogen-bond acceptors (Lipinski definition) is 1. The van der Waals surface area contributed by atoms with Gasteiger partial charge in [-0.3, -0.25) is 4.79 Å². The van der Waals surface area contributed by atoms with E-state index in [0.717, 1.165) is 0 Å². The first-order valence-corrected chi connectivity index (χ1v) is 6.67. The molecule has 0 aliphatic heterocycles. The van der Waals surface area contributed by atoms with Crippen molar-refractivity contribution >= 4 is 5.78 Å². The molecule has 0 aromatic rings. The van der Waals surface area contributed by atoms with E-state index >= 15 is 0 Å². The molecule has 7 heteroatoms. The lowest BCUT2D eigenvalue weighted by Crippen LogP contribution is -2.29. The van der Waals surface area contributed by atoms with Crippen molar-refractivity contribution in [1.29, 1.82) is 0 Å². The summed E-state index contributed by atoms with van der Waals surface area (Å²) < 4.78 is 75.7. The number of rotatable bonds is 8. The highest BCUT2D eigenvalue weighted by atomic mass is 19.4. The number of Topliss-reactive ketones (excluding diaryl/α,β-unsaturated/α-hetero) is 1. The molecule has 0 heterocycles. The minimum Gasteiger partial charge on any atom is -0.300 e. The monoisotopic (exact) mass is 306 g/mol. The summed E-state index contributed by atoms with van der Waals surface area (Å²) in [5.74, 6) is -4.64. The van der Waals surface area contributed by atoms with Crippen LogP contribution >= 0.6 is 0 Å². The molecule has 120 valence electrons. The number of ketones is 1. The predicted octanol–water partition coefficient (Wildman–Crippen LogP) is 5.29. The van der Waals surface area contributed by atoms with Gasteiger partial charge in [-0.25, -0.2) is 0 Å². The minimum absolute atomic E-state index is 0.231. The lowest BCUT2D eigenvalue weighted by atomic mass is 9.90. The van der Waals surface area contributed by atoms with Crippen LogP contribution in [-0.4, -0.2) is 18.1 Å². The van der Waals surface area contributed by atoms with E-state index in [1.54, 1.807) is 13.8 Å². The fourth-order valence-corrected chi connectivity index (χ4v) is 2.09. The molecule has 0 N–H and O–H groups in total. The standard InChI is InChI=1S/C13H20F6O/c1-3-5-9(12(14,15)16)7-11(20)8-10(6-4-2)13(17,18)19/h9-10H,3-8H2,1-2H3. The lowest BCUT2D eigenvalue weighted by molar-refractivity contribution is -0.187. The van der Waals surface area contributed by atoms with Gasteiger partial charge in [-0.05, 0) is 12.8 Å². The first kappa shape index (κ1) is 19.2. The highest BCUT2D eigenvalue weighted by Crippen LogP contribution is 2.36. The molecule has 0 bridgehead atoms. The van der Waals surface area contributed by atoms with Crippen molar-refractivity contribution in [1.82, 2.24) is 0 Å². The van der Waals surface area contributed by atoms with Gasteiger partial charge in [0, 0.05) is 12.8 Å². The van der Waals surface area contributed by atoms with E-state index in [1.165, 1.54) is 0 Å². The molecule has 0 aromatic carbocycles. The Kier molecular flexibility index (Phi) is 7.59. The zero-order chi connectivity index (χ0) is 16.0. The Morgan fingerprint density at radius 3 is 1.30 bits per heavy atom. The van der Waals surface area contributed by atoms with Crippen LogP contribution in [0.2, 0.25) is 0 Å². The molecule has 2 atom stereocenters. The molecule has 0 aromatic heterocycles.